The van der Waals surface area contributed by atoms with Crippen LogP contribution in [-0.2, 0) is 14.6 Å². The fourth-order valence-corrected chi connectivity index (χ4v) is 14.4. The van der Waals surface area contributed by atoms with Gasteiger partial charge in [0.25, 0.3) is 0 Å². The van der Waals surface area contributed by atoms with Gasteiger partial charge in [-0.15, -0.1) is 0 Å². The Bertz CT molecular complexity index is 1450. The molecule has 5 fully saturated rings. The van der Waals surface area contributed by atoms with E-state index in [-0.39, 0.29) is 27.2 Å². The maximum absolute atomic E-state index is 12.0. The van der Waals surface area contributed by atoms with E-state index in [1.165, 1.54) is 68.6 Å². The number of rotatable bonds is 8. The van der Waals surface area contributed by atoms with Crippen molar-refractivity contribution >= 4 is 15.8 Å². The van der Waals surface area contributed by atoms with Crippen molar-refractivity contribution in [2.24, 2.45) is 51.2 Å². The topological polar surface area (TPSA) is 86.7 Å². The molecule has 6 aliphatic rings. The summed E-state index contributed by atoms with van der Waals surface area (Å²) in [5.74, 6) is 2.84. The molecule has 1 saturated heterocycles. The molecule has 262 valence electrons. The molecule has 6 rings (SSSR count). The van der Waals surface area contributed by atoms with Crippen LogP contribution in [0.4, 0.5) is 0 Å². The van der Waals surface area contributed by atoms with Gasteiger partial charge in [0.2, 0.25) is 0 Å². The summed E-state index contributed by atoms with van der Waals surface area (Å²) in [5, 5.41) is 13.2. The molecule has 6 nitrogen and oxygen atoms in total. The summed E-state index contributed by atoms with van der Waals surface area (Å²) >= 11 is 0. The highest BCUT2D eigenvalue weighted by molar-refractivity contribution is 7.91. The number of allylic oxidation sites excluding steroid dienone is 6. The van der Waals surface area contributed by atoms with Crippen molar-refractivity contribution in [2.75, 3.05) is 37.7 Å². The van der Waals surface area contributed by atoms with Crippen LogP contribution in [0.3, 0.4) is 0 Å². The largest absolute Gasteiger partial charge is 0.478 e. The molecule has 0 bridgehead atoms. The van der Waals surface area contributed by atoms with E-state index in [1.54, 1.807) is 6.08 Å². The quantitative estimate of drug-likeness (QED) is 0.159. The molecule has 0 amide bonds. The summed E-state index contributed by atoms with van der Waals surface area (Å²) in [7, 11) is -2.86. The minimum absolute atomic E-state index is 0.0420. The number of hydrogen-bond donors (Lipinski definition) is 2. The Morgan fingerprint density at radius 3 is 2.38 bits per heavy atom. The first-order valence-electron chi connectivity index (χ1n) is 18.6. The van der Waals surface area contributed by atoms with Crippen molar-refractivity contribution in [2.45, 2.75) is 105 Å². The molecule has 0 aromatic heterocycles. The lowest BCUT2D eigenvalue weighted by molar-refractivity contribution is -0.221. The SMILES string of the molecule is C=C(C)[C@@H]1CC[C@]2(NCCN3CCS(=O)(=O)CC3)CC[C@]3(C)[C@H](CC[C@@H]4[C@@]5(C)CC=C(/C=C\C=C\C(=O)O)C(C)(C)[C@@H]5CC[C@]43C)[C@@H]12. The molecule has 0 aromatic rings. The molecular weight excluding hydrogens is 605 g/mol. The van der Waals surface area contributed by atoms with Crippen LogP contribution in [0.2, 0.25) is 0 Å². The van der Waals surface area contributed by atoms with Crippen molar-refractivity contribution in [1.82, 2.24) is 10.2 Å². The highest BCUT2D eigenvalue weighted by Crippen LogP contribution is 2.76. The van der Waals surface area contributed by atoms with E-state index in [2.05, 4.69) is 70.5 Å². The summed E-state index contributed by atoms with van der Waals surface area (Å²) in [6.07, 6.45) is 20.6. The molecule has 7 heteroatoms. The van der Waals surface area contributed by atoms with Crippen LogP contribution in [-0.4, -0.2) is 67.6 Å². The van der Waals surface area contributed by atoms with Crippen molar-refractivity contribution in [3.8, 4) is 0 Å². The Morgan fingerprint density at radius 1 is 0.979 bits per heavy atom. The van der Waals surface area contributed by atoms with Gasteiger partial charge in [0.1, 0.15) is 0 Å². The maximum Gasteiger partial charge on any atom is 0.328 e. The lowest BCUT2D eigenvalue weighted by Crippen LogP contribution is -2.68. The van der Waals surface area contributed by atoms with E-state index in [1.807, 2.05) is 6.08 Å². The Balaban J connectivity index is 1.24. The average molecular weight is 667 g/mol. The molecule has 1 aliphatic heterocycles. The smallest absolute Gasteiger partial charge is 0.328 e. The molecule has 0 spiro atoms. The van der Waals surface area contributed by atoms with Crippen LogP contribution in [0.1, 0.15) is 99.3 Å². The van der Waals surface area contributed by atoms with Crippen LogP contribution < -0.4 is 5.32 Å². The van der Waals surface area contributed by atoms with Gasteiger partial charge < -0.3 is 15.3 Å². The van der Waals surface area contributed by atoms with Crippen molar-refractivity contribution < 1.29 is 18.3 Å². The first-order chi connectivity index (χ1) is 22.0. The third-order valence-electron chi connectivity index (χ3n) is 15.7. The second kappa shape index (κ2) is 12.3. The van der Waals surface area contributed by atoms with Gasteiger partial charge in [-0.25, -0.2) is 13.2 Å². The Labute approximate surface area is 285 Å². The predicted octanol–water partition coefficient (Wildman–Crippen LogP) is 7.45. The summed E-state index contributed by atoms with van der Waals surface area (Å²) in [4.78, 5) is 13.3. The van der Waals surface area contributed by atoms with E-state index < -0.39 is 15.8 Å². The minimum Gasteiger partial charge on any atom is -0.478 e. The van der Waals surface area contributed by atoms with E-state index in [4.69, 9.17) is 5.11 Å². The second-order valence-corrected chi connectivity index (χ2v) is 20.2. The molecule has 0 unspecified atom stereocenters. The van der Waals surface area contributed by atoms with Crippen LogP contribution in [0, 0.1) is 51.2 Å². The summed E-state index contributed by atoms with van der Waals surface area (Å²) in [6.45, 7) is 22.9. The first-order valence-corrected chi connectivity index (χ1v) is 20.4. The van der Waals surface area contributed by atoms with Crippen LogP contribution in [0.15, 0.2) is 48.1 Å². The molecule has 1 heterocycles. The molecular formula is C40H62N2O4S. The van der Waals surface area contributed by atoms with Gasteiger partial charge in [0.15, 0.2) is 9.84 Å². The normalized spacial score (nSPS) is 44.3. The molecule has 5 aliphatic carbocycles. The highest BCUT2D eigenvalue weighted by atomic mass is 32.2. The second-order valence-electron chi connectivity index (χ2n) is 17.9. The number of carbonyl (C=O) groups is 1. The van der Waals surface area contributed by atoms with Gasteiger partial charge in [-0.2, -0.15) is 0 Å². The zero-order valence-corrected chi connectivity index (χ0v) is 30.9. The standard InChI is InChI=1S/C40H62N2O4S/c1-28(2)30-15-19-40(41-22-23-42-24-26-47(45,46)27-25-42)21-20-38(6)31(35(30)40)12-13-33-37(5)17-14-29(10-8-9-11-34(43)44)36(3,4)32(37)16-18-39(33,38)7/h8-11,14,30-33,35,41H,1,12-13,15-27H2,2-7H3,(H,43,44)/b10-8-,11-9+/t30-,31+,32-,33+,35+,37-,38+,39+,40-/m0/s1. The fourth-order valence-electron chi connectivity index (χ4n) is 13.1. The molecule has 0 aromatic carbocycles. The van der Waals surface area contributed by atoms with Crippen molar-refractivity contribution in [3.63, 3.8) is 0 Å². The number of hydrogen-bond acceptors (Lipinski definition) is 5. The number of carboxylic acids is 1. The van der Waals surface area contributed by atoms with Crippen LogP contribution in [0.5, 0.6) is 0 Å². The van der Waals surface area contributed by atoms with E-state index in [0.29, 0.717) is 54.2 Å². The molecule has 0 radical (unpaired) electrons. The highest BCUT2D eigenvalue weighted by Gasteiger charge is 2.70. The number of fused-ring (bicyclic) bond motifs is 7. The van der Waals surface area contributed by atoms with E-state index in [9.17, 15) is 13.2 Å². The van der Waals surface area contributed by atoms with Crippen LogP contribution in [0.25, 0.3) is 0 Å². The molecule has 2 N–H and O–H groups in total. The van der Waals surface area contributed by atoms with Gasteiger partial charge in [-0.1, -0.05) is 71.1 Å². The Morgan fingerprint density at radius 2 is 1.70 bits per heavy atom. The number of nitrogens with one attached hydrogen (secondary N) is 1. The zero-order chi connectivity index (χ0) is 34.0. The van der Waals surface area contributed by atoms with Gasteiger partial charge in [0.05, 0.1) is 11.5 Å². The third kappa shape index (κ3) is 5.76. The lowest BCUT2D eigenvalue weighted by atomic mass is 9.33. The van der Waals surface area contributed by atoms with Gasteiger partial charge >= 0.3 is 5.97 Å². The fraction of sp³-hybridized carbons (Fsp3) is 0.775. The monoisotopic (exact) mass is 666 g/mol. The van der Waals surface area contributed by atoms with Crippen molar-refractivity contribution in [1.29, 1.82) is 0 Å². The third-order valence-corrected chi connectivity index (χ3v) is 17.3. The maximum atomic E-state index is 12.0. The first kappa shape index (κ1) is 35.1. The van der Waals surface area contributed by atoms with Gasteiger partial charge in [-0.05, 0) is 122 Å². The average Bonchev–Trinajstić information content (AvgIpc) is 3.37. The van der Waals surface area contributed by atoms with Gasteiger partial charge in [-0.3, -0.25) is 0 Å². The predicted molar refractivity (Wildman–Crippen MR) is 192 cm³/mol. The number of carboxylic acid groups (broad SMARTS) is 1. The number of sulfone groups is 1. The Kier molecular flexibility index (Phi) is 9.17. The molecule has 47 heavy (non-hydrogen) atoms. The summed E-state index contributed by atoms with van der Waals surface area (Å²) in [6, 6.07) is 0. The number of nitrogens with zero attached hydrogens (tertiary/aromatic N) is 1. The summed E-state index contributed by atoms with van der Waals surface area (Å²) in [5.41, 5.74) is 3.74. The van der Waals surface area contributed by atoms with Gasteiger partial charge in [0, 0.05) is 37.8 Å². The summed E-state index contributed by atoms with van der Waals surface area (Å²) < 4.78 is 24.0. The lowest BCUT2D eigenvalue weighted by Gasteiger charge is -2.72. The molecule has 4 saturated carbocycles. The van der Waals surface area contributed by atoms with Crippen molar-refractivity contribution in [3.05, 3.63) is 48.1 Å². The minimum atomic E-state index is -2.86. The Hall–Kier alpha value is -1.70. The molecule has 9 atom stereocenters. The van der Waals surface area contributed by atoms with E-state index in [0.717, 1.165) is 19.5 Å². The van der Waals surface area contributed by atoms with E-state index >= 15 is 0 Å². The number of aliphatic carboxylic acids is 1. The zero-order valence-electron chi connectivity index (χ0n) is 30.1. The van der Waals surface area contributed by atoms with Crippen LogP contribution >= 0.6 is 0 Å².